The Kier molecular flexibility index (Phi) is 5.03. The molecule has 3 saturated carbocycles. The summed E-state index contributed by atoms with van der Waals surface area (Å²) in [4.78, 5) is 0. The largest absolute Gasteiger partial charge is 0.493 e. The number of nitrogens with two attached hydrogens (primary N) is 1. The number of para-hydroxylation sites is 1. The van der Waals surface area contributed by atoms with Crippen LogP contribution in [0.15, 0.2) is 24.3 Å². The van der Waals surface area contributed by atoms with Crippen molar-refractivity contribution < 1.29 is 14.0 Å². The number of fused-ring (bicyclic) bond motifs is 1. The van der Waals surface area contributed by atoms with E-state index in [-0.39, 0.29) is 24.8 Å². The molecule has 1 aromatic carbocycles. The molecule has 6 heteroatoms. The van der Waals surface area contributed by atoms with Crippen molar-refractivity contribution in [1.29, 1.82) is 0 Å². The lowest BCUT2D eigenvalue weighted by molar-refractivity contribution is -0.199. The Bertz CT molecular complexity index is 702. The lowest BCUT2D eigenvalue weighted by atomic mass is 9.43. The molecule has 2 heterocycles. The summed E-state index contributed by atoms with van der Waals surface area (Å²) in [7, 11) is -0.294. The summed E-state index contributed by atoms with van der Waals surface area (Å²) in [6, 6.07) is 8.27. The lowest BCUT2D eigenvalue weighted by Crippen LogP contribution is -2.65. The maximum Gasteiger partial charge on any atom is 0.475 e. The van der Waals surface area contributed by atoms with E-state index in [2.05, 4.69) is 44.5 Å². The van der Waals surface area contributed by atoms with E-state index >= 15 is 0 Å². The maximum absolute atomic E-state index is 6.55. The third kappa shape index (κ3) is 2.93. The van der Waals surface area contributed by atoms with Crippen molar-refractivity contribution in [3.63, 3.8) is 0 Å². The molecule has 3 aliphatic carbocycles. The molecule has 2 bridgehead atoms. The highest BCUT2D eigenvalue weighted by Gasteiger charge is 2.68. The molecule has 5 aliphatic rings. The Morgan fingerprint density at radius 2 is 1.96 bits per heavy atom. The monoisotopic (exact) mass is 391 g/mol. The summed E-state index contributed by atoms with van der Waals surface area (Å²) in [6.45, 7) is 7.73. The van der Waals surface area contributed by atoms with Gasteiger partial charge in [0, 0.05) is 23.8 Å². The molecule has 6 atom stereocenters. The van der Waals surface area contributed by atoms with Crippen LogP contribution in [0.5, 0.6) is 5.75 Å². The Labute approximate surface area is 168 Å². The molecule has 4 nitrogen and oxygen atoms in total. The fourth-order valence-corrected chi connectivity index (χ4v) is 5.95. The summed E-state index contributed by atoms with van der Waals surface area (Å²) in [5.41, 5.74) is 8.01. The fraction of sp³-hybridized carbons (Fsp3) is 0.714. The molecule has 0 amide bonds. The van der Waals surface area contributed by atoms with Crippen LogP contribution in [0.2, 0.25) is 0 Å². The predicted molar refractivity (Wildman–Crippen MR) is 109 cm³/mol. The Hall–Kier alpha value is -0.745. The zero-order chi connectivity index (χ0) is 19.4. The number of benzene rings is 1. The van der Waals surface area contributed by atoms with E-state index in [1.54, 1.807) is 0 Å². The molecule has 4 fully saturated rings. The molecule has 148 valence electrons. The highest BCUT2D eigenvalue weighted by Crippen LogP contribution is 2.65. The van der Waals surface area contributed by atoms with Gasteiger partial charge >= 0.3 is 7.12 Å². The van der Waals surface area contributed by atoms with Crippen LogP contribution < -0.4 is 10.5 Å². The molecule has 0 aromatic heterocycles. The third-order valence-corrected chi connectivity index (χ3v) is 7.67. The van der Waals surface area contributed by atoms with E-state index < -0.39 is 0 Å². The quantitative estimate of drug-likeness (QED) is 0.625. The van der Waals surface area contributed by atoms with Gasteiger partial charge in [-0.25, -0.2) is 0 Å². The Morgan fingerprint density at radius 1 is 1.22 bits per heavy atom. The minimum absolute atomic E-state index is 0.123. The lowest BCUT2D eigenvalue weighted by Gasteiger charge is -2.64. The van der Waals surface area contributed by atoms with Crippen molar-refractivity contribution in [3.05, 3.63) is 29.8 Å². The van der Waals surface area contributed by atoms with E-state index in [1.807, 2.05) is 12.1 Å². The first-order chi connectivity index (χ1) is 12.9. The van der Waals surface area contributed by atoms with Gasteiger partial charge in [-0.05, 0) is 49.5 Å². The van der Waals surface area contributed by atoms with Crippen molar-refractivity contribution >= 4 is 18.7 Å². The van der Waals surface area contributed by atoms with Crippen molar-refractivity contribution in [2.45, 2.75) is 63.6 Å². The first-order valence-electron chi connectivity index (χ1n) is 10.1. The number of hydrogen-bond acceptors (Lipinski definition) is 4. The molecule has 5 unspecified atom stereocenters. The van der Waals surface area contributed by atoms with Gasteiger partial charge in [0.05, 0.1) is 18.3 Å². The zero-order valence-corrected chi connectivity index (χ0v) is 17.5. The van der Waals surface area contributed by atoms with Crippen molar-refractivity contribution in [3.8, 4) is 5.75 Å². The topological polar surface area (TPSA) is 53.7 Å². The van der Waals surface area contributed by atoms with Gasteiger partial charge in [-0.3, -0.25) is 0 Å². The summed E-state index contributed by atoms with van der Waals surface area (Å²) >= 11 is 4.64. The van der Waals surface area contributed by atoms with E-state index in [0.717, 1.165) is 24.5 Å². The van der Waals surface area contributed by atoms with Crippen LogP contribution in [-0.2, 0) is 9.31 Å². The van der Waals surface area contributed by atoms with Crippen LogP contribution in [0.4, 0.5) is 0 Å². The second-order valence-electron chi connectivity index (χ2n) is 9.28. The molecular weight excluding hydrogens is 361 g/mol. The van der Waals surface area contributed by atoms with Crippen LogP contribution in [0.1, 0.15) is 51.5 Å². The van der Waals surface area contributed by atoms with Crippen molar-refractivity contribution in [2.75, 3.05) is 13.0 Å². The third-order valence-electron chi connectivity index (χ3n) is 7.67. The first-order valence-corrected chi connectivity index (χ1v) is 10.8. The van der Waals surface area contributed by atoms with Crippen LogP contribution in [0, 0.1) is 17.3 Å². The number of alkyl halides is 1. The van der Waals surface area contributed by atoms with Crippen LogP contribution in [-0.4, -0.2) is 37.8 Å². The van der Waals surface area contributed by atoms with Gasteiger partial charge in [0.2, 0.25) is 0 Å². The molecule has 0 radical (unpaired) electrons. The standard InChI is InChI=1S/C20H28BNO3.CH3Cl/c1-19(2)13-9-16(19)20(3)17(10-13)24-21(25-20)18(22)8-12-11-23-15-7-5-4-6-14(12)15;1-2/h4-7,12-13,16-18H,8-11,22H2,1-3H3;1H3/t12?,13?,16?,17?,18?,20-;/m0./s1. The van der Waals surface area contributed by atoms with Gasteiger partial charge in [0.15, 0.2) is 0 Å². The highest BCUT2D eigenvalue weighted by molar-refractivity contribution is 6.47. The normalized spacial score (nSPS) is 38.7. The van der Waals surface area contributed by atoms with Gasteiger partial charge in [-0.2, -0.15) is 0 Å². The smallest absolute Gasteiger partial charge is 0.475 e. The average molecular weight is 392 g/mol. The van der Waals surface area contributed by atoms with Crippen LogP contribution >= 0.6 is 11.6 Å². The van der Waals surface area contributed by atoms with E-state index in [9.17, 15) is 0 Å². The maximum atomic E-state index is 6.55. The molecule has 2 aliphatic heterocycles. The second kappa shape index (κ2) is 6.94. The van der Waals surface area contributed by atoms with E-state index in [0.29, 0.717) is 23.9 Å². The molecule has 27 heavy (non-hydrogen) atoms. The zero-order valence-electron chi connectivity index (χ0n) is 16.8. The SMILES string of the molecule is CC1(C)C2CC3OB(C(N)CC4COc5ccccc54)O[C@@]3(C)C1C2.CCl. The van der Waals surface area contributed by atoms with Crippen LogP contribution in [0.3, 0.4) is 0 Å². The second-order valence-corrected chi connectivity index (χ2v) is 9.28. The molecule has 1 saturated heterocycles. The predicted octanol–water partition coefficient (Wildman–Crippen LogP) is 4.00. The number of rotatable bonds is 3. The number of halogens is 1. The van der Waals surface area contributed by atoms with Gasteiger partial charge in [0.25, 0.3) is 0 Å². The fourth-order valence-electron chi connectivity index (χ4n) is 5.95. The highest BCUT2D eigenvalue weighted by atomic mass is 35.5. The van der Waals surface area contributed by atoms with Gasteiger partial charge in [0.1, 0.15) is 5.75 Å². The van der Waals surface area contributed by atoms with Gasteiger partial charge in [-0.1, -0.05) is 32.0 Å². The number of hydrogen-bond donors (Lipinski definition) is 1. The average Bonchev–Trinajstić information content (AvgIpc) is 3.23. The molecular formula is C21H31BClNO3. The molecule has 6 rings (SSSR count). The van der Waals surface area contributed by atoms with Crippen LogP contribution in [0.25, 0.3) is 0 Å². The van der Waals surface area contributed by atoms with E-state index in [1.165, 1.54) is 18.4 Å². The molecule has 1 aromatic rings. The Morgan fingerprint density at radius 3 is 2.70 bits per heavy atom. The summed E-state index contributed by atoms with van der Waals surface area (Å²) in [6.07, 6.45) is 4.89. The Balaban J connectivity index is 0.000000872. The minimum atomic E-state index is -0.294. The van der Waals surface area contributed by atoms with E-state index in [4.69, 9.17) is 19.8 Å². The molecule has 0 spiro atoms. The molecule has 2 N–H and O–H groups in total. The first kappa shape index (κ1) is 19.6. The summed E-state index contributed by atoms with van der Waals surface area (Å²) in [5.74, 6) is 2.55. The minimum Gasteiger partial charge on any atom is -0.493 e. The number of ether oxygens (including phenoxy) is 1. The van der Waals surface area contributed by atoms with Crippen molar-refractivity contribution in [1.82, 2.24) is 0 Å². The summed E-state index contributed by atoms with van der Waals surface area (Å²) in [5, 5.41) is 0. The summed E-state index contributed by atoms with van der Waals surface area (Å²) < 4.78 is 18.6. The van der Waals surface area contributed by atoms with Gasteiger partial charge in [-0.15, -0.1) is 11.6 Å². The van der Waals surface area contributed by atoms with Crippen molar-refractivity contribution in [2.24, 2.45) is 23.0 Å². The van der Waals surface area contributed by atoms with Gasteiger partial charge < -0.3 is 19.8 Å².